The monoisotopic (exact) mass is 222 g/mol. The fraction of sp³-hybridized carbons (Fsp3) is 0.727. The molecule has 2 saturated heterocycles. The molecular weight excluding hydrogens is 204 g/mol. The molecule has 1 unspecified atom stereocenters. The van der Waals surface area contributed by atoms with Gasteiger partial charge >= 0.3 is 0 Å². The van der Waals surface area contributed by atoms with Gasteiger partial charge in [0.2, 0.25) is 0 Å². The second-order valence-electron chi connectivity index (χ2n) is 4.74. The third-order valence-electron chi connectivity index (χ3n) is 3.56. The molecule has 16 heavy (non-hydrogen) atoms. The van der Waals surface area contributed by atoms with Gasteiger partial charge in [-0.3, -0.25) is 9.58 Å². The second-order valence-corrected chi connectivity index (χ2v) is 4.74. The maximum absolute atomic E-state index is 5.70. The largest absolute Gasteiger partial charge is 0.396 e. The van der Waals surface area contributed by atoms with Gasteiger partial charge in [-0.25, -0.2) is 0 Å². The minimum absolute atomic E-state index is 0.478. The van der Waals surface area contributed by atoms with Crippen LogP contribution in [0.2, 0.25) is 0 Å². The van der Waals surface area contributed by atoms with Crippen LogP contribution in [0.15, 0.2) is 12.4 Å². The zero-order valence-electron chi connectivity index (χ0n) is 9.38. The van der Waals surface area contributed by atoms with Gasteiger partial charge < -0.3 is 10.5 Å². The molecule has 1 atom stereocenters. The van der Waals surface area contributed by atoms with Crippen LogP contribution in [0.5, 0.6) is 0 Å². The highest BCUT2D eigenvalue weighted by atomic mass is 16.5. The number of piperidine rings is 1. The molecule has 2 aliphatic heterocycles. The molecule has 1 aromatic rings. The molecule has 3 heterocycles. The van der Waals surface area contributed by atoms with E-state index in [0.717, 1.165) is 25.4 Å². The average molecular weight is 222 g/mol. The third kappa shape index (κ3) is 1.81. The van der Waals surface area contributed by atoms with E-state index in [1.54, 1.807) is 6.20 Å². The van der Waals surface area contributed by atoms with E-state index >= 15 is 0 Å². The Morgan fingerprint density at radius 1 is 1.38 bits per heavy atom. The van der Waals surface area contributed by atoms with Crippen molar-refractivity contribution in [3.8, 4) is 0 Å². The molecule has 1 aromatic heterocycles. The Bertz CT molecular complexity index is 361. The van der Waals surface area contributed by atoms with Gasteiger partial charge in [0.15, 0.2) is 0 Å². The highest BCUT2D eigenvalue weighted by Crippen LogP contribution is 2.24. The number of rotatable bonds is 2. The van der Waals surface area contributed by atoms with Gasteiger partial charge in [-0.1, -0.05) is 0 Å². The molecule has 0 aromatic carbocycles. The summed E-state index contributed by atoms with van der Waals surface area (Å²) in [5.41, 5.74) is 6.45. The topological polar surface area (TPSA) is 56.3 Å². The van der Waals surface area contributed by atoms with Crippen molar-refractivity contribution >= 4 is 5.69 Å². The van der Waals surface area contributed by atoms with Gasteiger partial charge in [0.05, 0.1) is 37.2 Å². The van der Waals surface area contributed by atoms with E-state index in [1.165, 1.54) is 19.4 Å². The SMILES string of the molecule is Nc1cnn(C2CCCN(C3COC3)C2)c1. The number of nitrogen functional groups attached to an aromatic ring is 1. The van der Waals surface area contributed by atoms with Crippen molar-refractivity contribution < 1.29 is 4.74 Å². The molecule has 0 amide bonds. The van der Waals surface area contributed by atoms with E-state index in [-0.39, 0.29) is 0 Å². The zero-order chi connectivity index (χ0) is 11.0. The molecule has 2 N–H and O–H groups in total. The molecule has 0 spiro atoms. The Morgan fingerprint density at radius 3 is 2.88 bits per heavy atom. The van der Waals surface area contributed by atoms with E-state index in [9.17, 15) is 0 Å². The number of hydrogen-bond acceptors (Lipinski definition) is 4. The van der Waals surface area contributed by atoms with E-state index in [4.69, 9.17) is 10.5 Å². The summed E-state index contributed by atoms with van der Waals surface area (Å²) < 4.78 is 7.26. The molecular formula is C11H18N4O. The van der Waals surface area contributed by atoms with Crippen LogP contribution >= 0.6 is 0 Å². The summed E-state index contributed by atoms with van der Waals surface area (Å²) in [6.45, 7) is 4.07. The maximum atomic E-state index is 5.70. The van der Waals surface area contributed by atoms with Gasteiger partial charge in [0.25, 0.3) is 0 Å². The minimum Gasteiger partial charge on any atom is -0.396 e. The Kier molecular flexibility index (Phi) is 2.57. The van der Waals surface area contributed by atoms with Gasteiger partial charge in [0.1, 0.15) is 0 Å². The summed E-state index contributed by atoms with van der Waals surface area (Å²) in [6.07, 6.45) is 6.10. The Morgan fingerprint density at radius 2 is 2.25 bits per heavy atom. The lowest BCUT2D eigenvalue weighted by molar-refractivity contribution is -0.0757. The Balaban J connectivity index is 1.67. The molecule has 3 rings (SSSR count). The summed E-state index contributed by atoms with van der Waals surface area (Å²) in [6, 6.07) is 1.11. The fourth-order valence-electron chi connectivity index (χ4n) is 2.52. The van der Waals surface area contributed by atoms with Gasteiger partial charge in [-0.2, -0.15) is 5.10 Å². The lowest BCUT2D eigenvalue weighted by Gasteiger charge is -2.41. The average Bonchev–Trinajstić information content (AvgIpc) is 2.63. The normalized spacial score (nSPS) is 27.9. The van der Waals surface area contributed by atoms with Crippen LogP contribution in [-0.2, 0) is 4.74 Å². The van der Waals surface area contributed by atoms with Crippen molar-refractivity contribution in [3.05, 3.63) is 12.4 Å². The molecule has 0 saturated carbocycles. The summed E-state index contributed by atoms with van der Waals surface area (Å²) in [5, 5.41) is 4.31. The standard InChI is InChI=1S/C11H18N4O/c12-9-4-13-15(5-9)10-2-1-3-14(6-10)11-7-16-8-11/h4-5,10-11H,1-3,6-8,12H2. The van der Waals surface area contributed by atoms with Crippen molar-refractivity contribution in [2.24, 2.45) is 0 Å². The van der Waals surface area contributed by atoms with Crippen LogP contribution in [-0.4, -0.2) is 47.0 Å². The fourth-order valence-corrected chi connectivity index (χ4v) is 2.52. The van der Waals surface area contributed by atoms with Crippen LogP contribution in [0.25, 0.3) is 0 Å². The number of anilines is 1. The summed E-state index contributed by atoms with van der Waals surface area (Å²) >= 11 is 0. The van der Waals surface area contributed by atoms with Crippen LogP contribution in [0, 0.1) is 0 Å². The van der Waals surface area contributed by atoms with Crippen molar-refractivity contribution in [2.75, 3.05) is 32.0 Å². The van der Waals surface area contributed by atoms with E-state index < -0.39 is 0 Å². The first-order valence-electron chi connectivity index (χ1n) is 5.94. The maximum Gasteiger partial charge on any atom is 0.0719 e. The van der Waals surface area contributed by atoms with Crippen molar-refractivity contribution in [2.45, 2.75) is 24.9 Å². The van der Waals surface area contributed by atoms with Crippen molar-refractivity contribution in [1.29, 1.82) is 0 Å². The van der Waals surface area contributed by atoms with Gasteiger partial charge in [-0.05, 0) is 19.4 Å². The number of nitrogens with zero attached hydrogens (tertiary/aromatic N) is 3. The lowest BCUT2D eigenvalue weighted by Crippen LogP contribution is -2.52. The van der Waals surface area contributed by atoms with Crippen LogP contribution in [0.4, 0.5) is 5.69 Å². The lowest BCUT2D eigenvalue weighted by atomic mass is 10.0. The number of hydrogen-bond donors (Lipinski definition) is 1. The molecule has 5 heteroatoms. The van der Waals surface area contributed by atoms with Gasteiger partial charge in [0, 0.05) is 12.7 Å². The smallest absolute Gasteiger partial charge is 0.0719 e. The number of nitrogens with two attached hydrogens (primary N) is 1. The van der Waals surface area contributed by atoms with Crippen LogP contribution in [0.3, 0.4) is 0 Å². The molecule has 2 fully saturated rings. The molecule has 2 aliphatic rings. The quantitative estimate of drug-likeness (QED) is 0.791. The van der Waals surface area contributed by atoms with E-state index in [1.807, 2.05) is 10.9 Å². The second kappa shape index (κ2) is 4.07. The molecule has 0 aliphatic carbocycles. The zero-order valence-corrected chi connectivity index (χ0v) is 9.38. The van der Waals surface area contributed by atoms with Crippen molar-refractivity contribution in [3.63, 3.8) is 0 Å². The van der Waals surface area contributed by atoms with Crippen LogP contribution < -0.4 is 5.73 Å². The van der Waals surface area contributed by atoms with Gasteiger partial charge in [-0.15, -0.1) is 0 Å². The third-order valence-corrected chi connectivity index (χ3v) is 3.56. The molecule has 0 bridgehead atoms. The summed E-state index contributed by atoms with van der Waals surface area (Å²) in [5.74, 6) is 0. The first kappa shape index (κ1) is 10.1. The molecule has 0 radical (unpaired) electrons. The highest BCUT2D eigenvalue weighted by molar-refractivity contribution is 5.30. The Labute approximate surface area is 95.2 Å². The van der Waals surface area contributed by atoms with E-state index in [0.29, 0.717) is 12.1 Å². The predicted molar refractivity (Wildman–Crippen MR) is 61.1 cm³/mol. The number of likely N-dealkylation sites (tertiary alicyclic amines) is 1. The number of aromatic nitrogens is 2. The molecule has 5 nitrogen and oxygen atoms in total. The van der Waals surface area contributed by atoms with E-state index in [2.05, 4.69) is 10.00 Å². The summed E-state index contributed by atoms with van der Waals surface area (Å²) in [4.78, 5) is 2.52. The predicted octanol–water partition coefficient (Wildman–Crippen LogP) is 0.501. The molecule has 88 valence electrons. The van der Waals surface area contributed by atoms with Crippen LogP contribution in [0.1, 0.15) is 18.9 Å². The Hall–Kier alpha value is -1.07. The first-order chi connectivity index (χ1) is 7.83. The van der Waals surface area contributed by atoms with Crippen molar-refractivity contribution in [1.82, 2.24) is 14.7 Å². The minimum atomic E-state index is 0.478. The highest BCUT2D eigenvalue weighted by Gasteiger charge is 2.31. The first-order valence-corrected chi connectivity index (χ1v) is 5.94. The summed E-state index contributed by atoms with van der Waals surface area (Å²) in [7, 11) is 0. The number of ether oxygens (including phenoxy) is 1.